The van der Waals surface area contributed by atoms with E-state index in [0.29, 0.717) is 0 Å². The Kier molecular flexibility index (Phi) is 42.7. The first kappa shape index (κ1) is 51.0. The molecule has 0 aromatic rings. The first-order valence-corrected chi connectivity index (χ1v) is 14.9. The summed E-state index contributed by atoms with van der Waals surface area (Å²) in [6.45, 7) is 45.5. The third-order valence-electron chi connectivity index (χ3n) is 8.06. The van der Waals surface area contributed by atoms with Crippen LogP contribution in [0.4, 0.5) is 0 Å². The molecule has 2 radical (unpaired) electrons. The van der Waals surface area contributed by atoms with E-state index < -0.39 is 0 Å². The normalized spacial score (nSPS) is 11.3. The van der Waals surface area contributed by atoms with Gasteiger partial charge in [-0.05, 0) is 35.5 Å². The molecule has 2 heteroatoms. The summed E-state index contributed by atoms with van der Waals surface area (Å²) in [5, 5.41) is 0. The van der Waals surface area contributed by atoms with Crippen LogP contribution in [-0.2, 0) is 65.4 Å². The Hall–Kier alpha value is 2.21. The summed E-state index contributed by atoms with van der Waals surface area (Å²) in [5.74, 6) is 9.91. The van der Waals surface area contributed by atoms with Crippen molar-refractivity contribution in [1.82, 2.24) is 0 Å². The van der Waals surface area contributed by atoms with Crippen LogP contribution < -0.4 is 0 Å². The van der Waals surface area contributed by atoms with Crippen LogP contribution in [0.2, 0.25) is 0 Å². The van der Waals surface area contributed by atoms with Gasteiger partial charge in [-0.25, -0.2) is 0 Å². The maximum absolute atomic E-state index is 2.31. The largest absolute Gasteiger partial charge is 0.328 e. The summed E-state index contributed by atoms with van der Waals surface area (Å²) >= 11 is 0. The molecule has 0 nitrogen and oxygen atoms in total. The van der Waals surface area contributed by atoms with Gasteiger partial charge in [-0.3, -0.25) is 0 Å². The molecule has 0 amide bonds. The molecule has 0 saturated heterocycles. The SMILES string of the molecule is CC(C)C(C)C(C)C.CC(C)C(C)C(C)C.C[CH-]C(C(C)C)C(C)C.C[CH-]C(C(C)C)C(C)C.[Y].[Y]. The Morgan fingerprint density at radius 1 is 0.278 bits per heavy atom. The van der Waals surface area contributed by atoms with Crippen molar-refractivity contribution in [3.63, 3.8) is 0 Å². The summed E-state index contributed by atoms with van der Waals surface area (Å²) in [6, 6.07) is 0. The average molecular weight is 661 g/mol. The second kappa shape index (κ2) is 30.2. The van der Waals surface area contributed by atoms with Gasteiger partial charge in [-0.15, -0.1) is 0 Å². The standard InChI is InChI=1S/2C9H19.2C8H18.2Y/c2*1-6-9(7(2)3)8(4)5;2*1-6(2)8(5)7(3)4;;/h2*6-9H,1-5H3;2*6-8H,1-5H3;;/q2*-1;;;;. The Labute approximate surface area is 285 Å². The zero-order valence-electron chi connectivity index (χ0n) is 29.2. The summed E-state index contributed by atoms with van der Waals surface area (Å²) < 4.78 is 0. The summed E-state index contributed by atoms with van der Waals surface area (Å²) in [7, 11) is 0. The third kappa shape index (κ3) is 30.7. The average Bonchev–Trinajstić information content (AvgIpc) is 2.67. The molecule has 0 atom stereocenters. The van der Waals surface area contributed by atoms with E-state index >= 15 is 0 Å². The molecule has 0 aliphatic heterocycles. The minimum atomic E-state index is 0. The molecular formula is C34H74Y2-2. The zero-order chi connectivity index (χ0) is 28.3. The van der Waals surface area contributed by atoms with Crippen LogP contribution >= 0.6 is 0 Å². The Morgan fingerprint density at radius 2 is 0.417 bits per heavy atom. The third-order valence-corrected chi connectivity index (χ3v) is 8.06. The molecule has 0 saturated carbocycles. The van der Waals surface area contributed by atoms with E-state index in [4.69, 9.17) is 0 Å². The molecular weight excluding hydrogens is 586 g/mol. The summed E-state index contributed by atoms with van der Waals surface area (Å²) in [4.78, 5) is 0. The molecule has 0 aromatic carbocycles. The molecule has 0 N–H and O–H groups in total. The Balaban J connectivity index is -0.0000000819. The number of rotatable bonds is 10. The number of hydrogen-bond acceptors (Lipinski definition) is 0. The molecule has 0 aromatic heterocycles. The predicted molar refractivity (Wildman–Crippen MR) is 164 cm³/mol. The monoisotopic (exact) mass is 660 g/mol. The van der Waals surface area contributed by atoms with Crippen LogP contribution in [0, 0.1) is 83.9 Å². The van der Waals surface area contributed by atoms with Crippen molar-refractivity contribution in [3.8, 4) is 0 Å². The molecule has 0 rings (SSSR count). The molecule has 0 fully saturated rings. The van der Waals surface area contributed by atoms with Gasteiger partial charge in [0, 0.05) is 65.4 Å². The van der Waals surface area contributed by atoms with Crippen molar-refractivity contribution in [2.24, 2.45) is 71.0 Å². The fourth-order valence-electron chi connectivity index (χ4n) is 4.62. The fourth-order valence-corrected chi connectivity index (χ4v) is 4.62. The van der Waals surface area contributed by atoms with E-state index in [1.54, 1.807) is 0 Å². The van der Waals surface area contributed by atoms with E-state index in [0.717, 1.165) is 71.0 Å². The van der Waals surface area contributed by atoms with Crippen molar-refractivity contribution in [1.29, 1.82) is 0 Å². The predicted octanol–water partition coefficient (Wildman–Crippen LogP) is 12.1. The molecule has 0 bridgehead atoms. The van der Waals surface area contributed by atoms with Gasteiger partial charge in [-0.1, -0.05) is 148 Å². The molecule has 0 unspecified atom stereocenters. The minimum absolute atomic E-state index is 0. The van der Waals surface area contributed by atoms with Crippen LogP contribution in [0.3, 0.4) is 0 Å². The molecule has 36 heavy (non-hydrogen) atoms. The molecule has 0 heterocycles. The van der Waals surface area contributed by atoms with Crippen molar-refractivity contribution in [3.05, 3.63) is 12.8 Å². The van der Waals surface area contributed by atoms with Crippen LogP contribution in [0.1, 0.15) is 138 Å². The van der Waals surface area contributed by atoms with Gasteiger partial charge in [0.15, 0.2) is 0 Å². The molecule has 0 aliphatic rings. The van der Waals surface area contributed by atoms with E-state index in [2.05, 4.69) is 151 Å². The van der Waals surface area contributed by atoms with Crippen molar-refractivity contribution in [2.45, 2.75) is 138 Å². The van der Waals surface area contributed by atoms with Gasteiger partial charge in [-0.2, -0.15) is 25.7 Å². The van der Waals surface area contributed by atoms with Gasteiger partial charge in [0.25, 0.3) is 0 Å². The van der Waals surface area contributed by atoms with Crippen molar-refractivity contribution in [2.75, 3.05) is 0 Å². The summed E-state index contributed by atoms with van der Waals surface area (Å²) in [5.41, 5.74) is 0. The van der Waals surface area contributed by atoms with Crippen molar-refractivity contribution < 1.29 is 65.4 Å². The first-order chi connectivity index (χ1) is 15.3. The van der Waals surface area contributed by atoms with Crippen LogP contribution in [0.25, 0.3) is 0 Å². The van der Waals surface area contributed by atoms with E-state index in [9.17, 15) is 0 Å². The molecule has 0 spiro atoms. The topological polar surface area (TPSA) is 0 Å². The van der Waals surface area contributed by atoms with Gasteiger partial charge in [0.05, 0.1) is 0 Å². The minimum Gasteiger partial charge on any atom is -0.328 e. The van der Waals surface area contributed by atoms with Crippen LogP contribution in [0.5, 0.6) is 0 Å². The van der Waals surface area contributed by atoms with Gasteiger partial charge in [0.2, 0.25) is 0 Å². The van der Waals surface area contributed by atoms with Gasteiger partial charge >= 0.3 is 0 Å². The fraction of sp³-hybridized carbons (Fsp3) is 0.941. The Bertz CT molecular complexity index is 324. The van der Waals surface area contributed by atoms with E-state index in [-0.39, 0.29) is 65.4 Å². The first-order valence-electron chi connectivity index (χ1n) is 14.9. The van der Waals surface area contributed by atoms with Crippen molar-refractivity contribution >= 4 is 0 Å². The zero-order valence-corrected chi connectivity index (χ0v) is 34.9. The number of hydrogen-bond donors (Lipinski definition) is 0. The second-order valence-corrected chi connectivity index (χ2v) is 13.5. The van der Waals surface area contributed by atoms with Gasteiger partial charge < -0.3 is 12.8 Å². The maximum atomic E-state index is 2.31. The van der Waals surface area contributed by atoms with Crippen LogP contribution in [0.15, 0.2) is 0 Å². The Morgan fingerprint density at radius 3 is 0.417 bits per heavy atom. The second-order valence-electron chi connectivity index (χ2n) is 13.5. The van der Waals surface area contributed by atoms with Crippen LogP contribution in [-0.4, -0.2) is 0 Å². The molecule has 218 valence electrons. The van der Waals surface area contributed by atoms with E-state index in [1.807, 2.05) is 0 Å². The smallest absolute Gasteiger partial charge is 0 e. The maximum Gasteiger partial charge on any atom is 0 e. The molecule has 0 aliphatic carbocycles. The quantitative estimate of drug-likeness (QED) is 0.205. The summed E-state index contributed by atoms with van der Waals surface area (Å²) in [6.07, 6.45) is 4.63. The van der Waals surface area contributed by atoms with Gasteiger partial charge in [0.1, 0.15) is 0 Å². The van der Waals surface area contributed by atoms with E-state index in [1.165, 1.54) is 0 Å².